The molecule has 0 heterocycles. The molecule has 0 atom stereocenters. The molecule has 0 radical (unpaired) electrons. The number of anilines is 2. The Hall–Kier alpha value is -3.85. The second-order valence-corrected chi connectivity index (χ2v) is 9.76. The summed E-state index contributed by atoms with van der Waals surface area (Å²) in [5, 5.41) is 0. The molecular formula is C26H28N2O6S. The van der Waals surface area contributed by atoms with Gasteiger partial charge in [0.25, 0.3) is 15.9 Å². The number of carbonyl (C=O) groups is 2. The van der Waals surface area contributed by atoms with Gasteiger partial charge in [0.15, 0.2) is 6.61 Å². The fraction of sp³-hybridized carbons (Fsp3) is 0.231. The van der Waals surface area contributed by atoms with E-state index >= 15 is 0 Å². The van der Waals surface area contributed by atoms with Gasteiger partial charge in [-0.05, 0) is 63.2 Å². The average molecular weight is 497 g/mol. The molecule has 0 fully saturated rings. The molecule has 0 aliphatic rings. The molecule has 0 spiro atoms. The van der Waals surface area contributed by atoms with E-state index in [0.717, 1.165) is 5.56 Å². The van der Waals surface area contributed by atoms with Crippen molar-refractivity contribution < 1.29 is 27.5 Å². The van der Waals surface area contributed by atoms with Crippen molar-refractivity contribution in [2.75, 3.05) is 23.3 Å². The maximum Gasteiger partial charge on any atom is 0.338 e. The minimum absolute atomic E-state index is 0.0290. The Morgan fingerprint density at radius 2 is 1.63 bits per heavy atom. The van der Waals surface area contributed by atoms with Crippen molar-refractivity contribution in [3.63, 3.8) is 0 Å². The molecule has 0 saturated carbocycles. The normalized spacial score (nSPS) is 11.1. The van der Waals surface area contributed by atoms with E-state index in [1.165, 1.54) is 30.2 Å². The Morgan fingerprint density at radius 1 is 0.971 bits per heavy atom. The SMILES string of the molecule is COc1ccc(C(=O)OCC(=O)N(c2ccccc2)C(C)C)cc1S(=O)(=O)Nc1ccc(C)cc1. The van der Waals surface area contributed by atoms with Crippen molar-refractivity contribution in [3.8, 4) is 5.75 Å². The molecule has 1 N–H and O–H groups in total. The lowest BCUT2D eigenvalue weighted by molar-refractivity contribution is -0.122. The van der Waals surface area contributed by atoms with Crippen LogP contribution in [0.4, 0.5) is 11.4 Å². The van der Waals surface area contributed by atoms with Crippen molar-refractivity contribution in [1.82, 2.24) is 0 Å². The van der Waals surface area contributed by atoms with Gasteiger partial charge in [-0.3, -0.25) is 9.52 Å². The quantitative estimate of drug-likeness (QED) is 0.441. The topological polar surface area (TPSA) is 102 Å². The van der Waals surface area contributed by atoms with Gasteiger partial charge in [-0.1, -0.05) is 35.9 Å². The lowest BCUT2D eigenvalue weighted by atomic mass is 10.2. The molecule has 8 nitrogen and oxygen atoms in total. The van der Waals surface area contributed by atoms with Crippen LogP contribution in [-0.4, -0.2) is 40.1 Å². The van der Waals surface area contributed by atoms with Crippen LogP contribution in [0.1, 0.15) is 29.8 Å². The van der Waals surface area contributed by atoms with Gasteiger partial charge in [-0.15, -0.1) is 0 Å². The van der Waals surface area contributed by atoms with Crippen molar-refractivity contribution in [3.05, 3.63) is 83.9 Å². The molecule has 0 bridgehead atoms. The molecule has 0 aliphatic heterocycles. The van der Waals surface area contributed by atoms with E-state index in [4.69, 9.17) is 9.47 Å². The van der Waals surface area contributed by atoms with Gasteiger partial charge < -0.3 is 14.4 Å². The third-order valence-electron chi connectivity index (χ3n) is 5.14. The lowest BCUT2D eigenvalue weighted by Crippen LogP contribution is -2.39. The molecule has 3 aromatic rings. The highest BCUT2D eigenvalue weighted by atomic mass is 32.2. The highest BCUT2D eigenvalue weighted by Crippen LogP contribution is 2.27. The highest BCUT2D eigenvalue weighted by molar-refractivity contribution is 7.92. The Kier molecular flexibility index (Phi) is 8.14. The summed E-state index contributed by atoms with van der Waals surface area (Å²) in [6, 6.07) is 19.6. The largest absolute Gasteiger partial charge is 0.495 e. The molecule has 0 aromatic heterocycles. The zero-order valence-corrected chi connectivity index (χ0v) is 20.8. The van der Waals surface area contributed by atoms with Crippen molar-refractivity contribution in [2.24, 2.45) is 0 Å². The Bertz CT molecular complexity index is 1290. The summed E-state index contributed by atoms with van der Waals surface area (Å²) in [6.45, 7) is 5.10. The number of sulfonamides is 1. The maximum atomic E-state index is 13.0. The molecule has 184 valence electrons. The fourth-order valence-corrected chi connectivity index (χ4v) is 4.70. The minimum atomic E-state index is -4.07. The van der Waals surface area contributed by atoms with Crippen LogP contribution in [-0.2, 0) is 19.6 Å². The first kappa shape index (κ1) is 25.8. The monoisotopic (exact) mass is 496 g/mol. The average Bonchev–Trinajstić information content (AvgIpc) is 2.84. The number of carbonyl (C=O) groups excluding carboxylic acids is 2. The Morgan fingerprint density at radius 3 is 2.23 bits per heavy atom. The van der Waals surface area contributed by atoms with Gasteiger partial charge in [0.1, 0.15) is 10.6 Å². The third kappa shape index (κ3) is 6.39. The van der Waals surface area contributed by atoms with Gasteiger partial charge in [-0.2, -0.15) is 0 Å². The van der Waals surface area contributed by atoms with Gasteiger partial charge in [-0.25, -0.2) is 13.2 Å². The smallest absolute Gasteiger partial charge is 0.338 e. The van der Waals surface area contributed by atoms with Crippen LogP contribution in [0.5, 0.6) is 5.75 Å². The van der Waals surface area contributed by atoms with E-state index < -0.39 is 28.5 Å². The van der Waals surface area contributed by atoms with Crippen LogP contribution in [0, 0.1) is 6.92 Å². The second kappa shape index (κ2) is 11.1. The van der Waals surface area contributed by atoms with Gasteiger partial charge >= 0.3 is 5.97 Å². The number of hydrogen-bond donors (Lipinski definition) is 1. The first-order chi connectivity index (χ1) is 16.6. The van der Waals surface area contributed by atoms with Crippen LogP contribution in [0.2, 0.25) is 0 Å². The molecule has 0 aliphatic carbocycles. The Labute approximate surface area is 205 Å². The number of rotatable bonds is 9. The molecule has 0 unspecified atom stereocenters. The maximum absolute atomic E-state index is 13.0. The second-order valence-electron chi connectivity index (χ2n) is 8.11. The molecule has 1 amide bonds. The number of esters is 1. The van der Waals surface area contributed by atoms with E-state index in [2.05, 4.69) is 4.72 Å². The number of nitrogens with one attached hydrogen (secondary N) is 1. The zero-order valence-electron chi connectivity index (χ0n) is 20.0. The highest BCUT2D eigenvalue weighted by Gasteiger charge is 2.24. The molecule has 3 aromatic carbocycles. The summed E-state index contributed by atoms with van der Waals surface area (Å²) in [5.41, 5.74) is 2.00. The first-order valence-corrected chi connectivity index (χ1v) is 12.4. The number of hydrogen-bond acceptors (Lipinski definition) is 6. The van der Waals surface area contributed by atoms with Crippen LogP contribution in [0.15, 0.2) is 77.7 Å². The summed E-state index contributed by atoms with van der Waals surface area (Å²) in [5.74, 6) is -1.17. The predicted molar refractivity (Wildman–Crippen MR) is 134 cm³/mol. The molecular weight excluding hydrogens is 468 g/mol. The van der Waals surface area contributed by atoms with Crippen molar-refractivity contribution >= 4 is 33.3 Å². The number of amides is 1. The number of para-hydroxylation sites is 1. The summed E-state index contributed by atoms with van der Waals surface area (Å²) in [4.78, 5) is 26.8. The number of methoxy groups -OCH3 is 1. The van der Waals surface area contributed by atoms with Gasteiger partial charge in [0.05, 0.1) is 12.7 Å². The summed E-state index contributed by atoms with van der Waals surface area (Å²) in [6.07, 6.45) is 0. The Balaban J connectivity index is 1.78. The predicted octanol–water partition coefficient (Wildman–Crippen LogP) is 4.40. The number of ether oxygens (including phenoxy) is 2. The zero-order chi connectivity index (χ0) is 25.6. The van der Waals surface area contributed by atoms with Crippen LogP contribution < -0.4 is 14.4 Å². The third-order valence-corrected chi connectivity index (χ3v) is 6.54. The van der Waals surface area contributed by atoms with Crippen LogP contribution in [0.3, 0.4) is 0 Å². The summed E-state index contributed by atoms with van der Waals surface area (Å²) < 4.78 is 39.0. The van der Waals surface area contributed by atoms with Gasteiger partial charge in [0.2, 0.25) is 0 Å². The molecule has 35 heavy (non-hydrogen) atoms. The van der Waals surface area contributed by atoms with E-state index in [0.29, 0.717) is 11.4 Å². The fourth-order valence-electron chi connectivity index (χ4n) is 3.44. The van der Waals surface area contributed by atoms with Gasteiger partial charge in [0, 0.05) is 17.4 Å². The van der Waals surface area contributed by atoms with E-state index in [1.807, 2.05) is 39.0 Å². The number of nitrogens with zero attached hydrogens (tertiary/aromatic N) is 1. The van der Waals surface area contributed by atoms with E-state index in [9.17, 15) is 18.0 Å². The lowest BCUT2D eigenvalue weighted by Gasteiger charge is -2.26. The van der Waals surface area contributed by atoms with Crippen molar-refractivity contribution in [1.29, 1.82) is 0 Å². The summed E-state index contributed by atoms with van der Waals surface area (Å²) in [7, 11) is -2.74. The number of benzene rings is 3. The molecule has 9 heteroatoms. The first-order valence-electron chi connectivity index (χ1n) is 10.9. The number of aryl methyl sites for hydroxylation is 1. The van der Waals surface area contributed by atoms with Crippen LogP contribution >= 0.6 is 0 Å². The van der Waals surface area contributed by atoms with Crippen LogP contribution in [0.25, 0.3) is 0 Å². The minimum Gasteiger partial charge on any atom is -0.495 e. The molecule has 0 saturated heterocycles. The van der Waals surface area contributed by atoms with E-state index in [1.54, 1.807) is 36.4 Å². The molecule has 3 rings (SSSR count). The van der Waals surface area contributed by atoms with Crippen molar-refractivity contribution in [2.45, 2.75) is 31.7 Å². The standard InChI is InChI=1S/C26H28N2O6S/c1-18(2)28(22-8-6-5-7-9-22)25(29)17-34-26(30)20-12-15-23(33-4)24(16-20)35(31,32)27-21-13-10-19(3)11-14-21/h5-16,18,27H,17H2,1-4H3. The summed E-state index contributed by atoms with van der Waals surface area (Å²) >= 11 is 0. The van der Waals surface area contributed by atoms with E-state index in [-0.39, 0.29) is 22.3 Å².